The second kappa shape index (κ2) is 6.24. The fourth-order valence-corrected chi connectivity index (χ4v) is 2.88. The SMILES string of the molecule is COc1cc(Br)c(Oc2ncc(C)cc2Br)cc1Br. The number of hydrogen-bond donors (Lipinski definition) is 0. The van der Waals surface area contributed by atoms with Crippen LogP contribution in [-0.2, 0) is 0 Å². The molecule has 100 valence electrons. The second-order valence-corrected chi connectivity index (χ2v) is 6.38. The molecule has 0 aliphatic rings. The van der Waals surface area contributed by atoms with E-state index >= 15 is 0 Å². The number of halogens is 3. The molecule has 0 saturated carbocycles. The van der Waals surface area contributed by atoms with Crippen LogP contribution in [0.2, 0.25) is 0 Å². The summed E-state index contributed by atoms with van der Waals surface area (Å²) in [5.41, 5.74) is 1.06. The van der Waals surface area contributed by atoms with Crippen molar-refractivity contribution < 1.29 is 9.47 Å². The lowest BCUT2D eigenvalue weighted by Gasteiger charge is -2.11. The zero-order valence-electron chi connectivity index (χ0n) is 10.2. The number of rotatable bonds is 3. The number of pyridine rings is 1. The number of benzene rings is 1. The number of aryl methyl sites for hydroxylation is 1. The van der Waals surface area contributed by atoms with Crippen molar-refractivity contribution in [2.75, 3.05) is 7.11 Å². The molecule has 19 heavy (non-hydrogen) atoms. The van der Waals surface area contributed by atoms with E-state index < -0.39 is 0 Å². The van der Waals surface area contributed by atoms with Gasteiger partial charge in [-0.1, -0.05) is 0 Å². The first-order valence-electron chi connectivity index (χ1n) is 5.34. The average molecular weight is 452 g/mol. The van der Waals surface area contributed by atoms with Gasteiger partial charge in [-0.15, -0.1) is 0 Å². The highest BCUT2D eigenvalue weighted by atomic mass is 79.9. The van der Waals surface area contributed by atoms with Crippen molar-refractivity contribution in [3.05, 3.63) is 43.4 Å². The summed E-state index contributed by atoms with van der Waals surface area (Å²) < 4.78 is 13.4. The summed E-state index contributed by atoms with van der Waals surface area (Å²) in [5, 5.41) is 0. The maximum atomic E-state index is 5.78. The third kappa shape index (κ3) is 3.49. The number of nitrogens with zero attached hydrogens (tertiary/aromatic N) is 1. The van der Waals surface area contributed by atoms with E-state index in [0.29, 0.717) is 11.6 Å². The van der Waals surface area contributed by atoms with E-state index in [-0.39, 0.29) is 0 Å². The normalized spacial score (nSPS) is 10.4. The molecule has 0 N–H and O–H groups in total. The van der Waals surface area contributed by atoms with Crippen molar-refractivity contribution in [2.45, 2.75) is 6.92 Å². The van der Waals surface area contributed by atoms with Crippen LogP contribution in [0.3, 0.4) is 0 Å². The van der Waals surface area contributed by atoms with Gasteiger partial charge in [-0.25, -0.2) is 4.98 Å². The summed E-state index contributed by atoms with van der Waals surface area (Å²) in [7, 11) is 1.62. The number of ether oxygens (including phenoxy) is 2. The molecule has 0 aliphatic carbocycles. The van der Waals surface area contributed by atoms with Crippen LogP contribution in [0, 0.1) is 6.92 Å². The van der Waals surface area contributed by atoms with Crippen molar-refractivity contribution in [2.24, 2.45) is 0 Å². The van der Waals surface area contributed by atoms with Crippen molar-refractivity contribution in [1.82, 2.24) is 4.98 Å². The molecule has 0 aliphatic heterocycles. The van der Waals surface area contributed by atoms with E-state index in [2.05, 4.69) is 52.8 Å². The van der Waals surface area contributed by atoms with Crippen LogP contribution in [0.4, 0.5) is 0 Å². The van der Waals surface area contributed by atoms with Gasteiger partial charge in [0.05, 0.1) is 20.5 Å². The molecule has 0 atom stereocenters. The maximum absolute atomic E-state index is 5.78. The molecule has 1 aromatic carbocycles. The zero-order chi connectivity index (χ0) is 14.0. The first-order valence-corrected chi connectivity index (χ1v) is 7.72. The molecule has 2 aromatic rings. The van der Waals surface area contributed by atoms with Gasteiger partial charge < -0.3 is 9.47 Å². The van der Waals surface area contributed by atoms with E-state index in [4.69, 9.17) is 9.47 Å². The Hall–Kier alpha value is -0.590. The molecular formula is C13H10Br3NO2. The lowest BCUT2D eigenvalue weighted by molar-refractivity contribution is 0.408. The van der Waals surface area contributed by atoms with Gasteiger partial charge >= 0.3 is 0 Å². The highest BCUT2D eigenvalue weighted by Crippen LogP contribution is 2.39. The first-order chi connectivity index (χ1) is 9.01. The van der Waals surface area contributed by atoms with Gasteiger partial charge in [-0.2, -0.15) is 0 Å². The molecule has 3 nitrogen and oxygen atoms in total. The van der Waals surface area contributed by atoms with Gasteiger partial charge in [0, 0.05) is 6.20 Å². The minimum absolute atomic E-state index is 0.517. The van der Waals surface area contributed by atoms with E-state index in [1.165, 1.54) is 0 Å². The molecule has 6 heteroatoms. The van der Waals surface area contributed by atoms with Crippen LogP contribution in [0.1, 0.15) is 5.56 Å². The largest absolute Gasteiger partial charge is 0.496 e. The number of hydrogen-bond acceptors (Lipinski definition) is 3. The highest BCUT2D eigenvalue weighted by molar-refractivity contribution is 9.11. The maximum Gasteiger partial charge on any atom is 0.233 e. The monoisotopic (exact) mass is 449 g/mol. The van der Waals surface area contributed by atoms with Crippen molar-refractivity contribution in [1.29, 1.82) is 0 Å². The smallest absolute Gasteiger partial charge is 0.233 e. The molecule has 0 unspecified atom stereocenters. The predicted octanol–water partition coefficient (Wildman–Crippen LogP) is 5.48. The van der Waals surface area contributed by atoms with Gasteiger partial charge in [0.15, 0.2) is 0 Å². The Morgan fingerprint density at radius 2 is 1.58 bits per heavy atom. The number of aromatic nitrogens is 1. The summed E-state index contributed by atoms with van der Waals surface area (Å²) >= 11 is 10.3. The Morgan fingerprint density at radius 1 is 0.947 bits per heavy atom. The summed E-state index contributed by atoms with van der Waals surface area (Å²) in [6, 6.07) is 5.62. The Bertz CT molecular complexity index is 617. The molecule has 0 radical (unpaired) electrons. The molecule has 1 heterocycles. The molecule has 0 saturated heterocycles. The summed E-state index contributed by atoms with van der Waals surface area (Å²) in [4.78, 5) is 4.25. The summed E-state index contributed by atoms with van der Waals surface area (Å²) in [6.45, 7) is 1.97. The van der Waals surface area contributed by atoms with Crippen molar-refractivity contribution >= 4 is 47.8 Å². The fraction of sp³-hybridized carbons (Fsp3) is 0.154. The van der Waals surface area contributed by atoms with Crippen LogP contribution in [0.15, 0.2) is 37.8 Å². The molecular weight excluding hydrogens is 442 g/mol. The standard InChI is InChI=1S/C13H10Br3NO2/c1-7-3-10(16)13(17-6-7)19-12-5-8(14)11(18-2)4-9(12)15/h3-6H,1-2H3. The van der Waals surface area contributed by atoms with Gasteiger partial charge in [0.25, 0.3) is 0 Å². The quantitative estimate of drug-likeness (QED) is 0.619. The van der Waals surface area contributed by atoms with Gasteiger partial charge in [0.1, 0.15) is 11.5 Å². The van der Waals surface area contributed by atoms with Crippen LogP contribution in [0.5, 0.6) is 17.4 Å². The van der Waals surface area contributed by atoms with Gasteiger partial charge in [0.2, 0.25) is 5.88 Å². The Labute approximate surface area is 136 Å². The lowest BCUT2D eigenvalue weighted by atomic mass is 10.3. The van der Waals surface area contributed by atoms with E-state index in [0.717, 1.165) is 24.7 Å². The average Bonchev–Trinajstić information content (AvgIpc) is 2.36. The molecule has 0 spiro atoms. The van der Waals surface area contributed by atoms with E-state index in [1.807, 2.05) is 25.1 Å². The minimum Gasteiger partial charge on any atom is -0.496 e. The lowest BCUT2D eigenvalue weighted by Crippen LogP contribution is -1.92. The van der Waals surface area contributed by atoms with Gasteiger partial charge in [-0.05, 0) is 78.5 Å². The first kappa shape index (κ1) is 14.8. The van der Waals surface area contributed by atoms with Crippen molar-refractivity contribution in [3.63, 3.8) is 0 Å². The van der Waals surface area contributed by atoms with Crippen LogP contribution in [-0.4, -0.2) is 12.1 Å². The fourth-order valence-electron chi connectivity index (χ4n) is 1.45. The third-order valence-electron chi connectivity index (χ3n) is 2.36. The predicted molar refractivity (Wildman–Crippen MR) is 85.1 cm³/mol. The van der Waals surface area contributed by atoms with Gasteiger partial charge in [-0.3, -0.25) is 0 Å². The van der Waals surface area contributed by atoms with E-state index in [9.17, 15) is 0 Å². The van der Waals surface area contributed by atoms with Crippen LogP contribution < -0.4 is 9.47 Å². The Morgan fingerprint density at radius 3 is 2.21 bits per heavy atom. The molecule has 0 amide bonds. The molecule has 0 bridgehead atoms. The van der Waals surface area contributed by atoms with Crippen LogP contribution >= 0.6 is 47.8 Å². The van der Waals surface area contributed by atoms with E-state index in [1.54, 1.807) is 13.3 Å². The molecule has 2 rings (SSSR count). The zero-order valence-corrected chi connectivity index (χ0v) is 15.0. The molecule has 0 fully saturated rings. The topological polar surface area (TPSA) is 31.4 Å². The van der Waals surface area contributed by atoms with Crippen LogP contribution in [0.25, 0.3) is 0 Å². The Kier molecular flexibility index (Phi) is 4.86. The minimum atomic E-state index is 0.517. The third-order valence-corrected chi connectivity index (χ3v) is 4.16. The van der Waals surface area contributed by atoms with Crippen molar-refractivity contribution in [3.8, 4) is 17.4 Å². The molecule has 1 aromatic heterocycles. The Balaban J connectivity index is 2.35. The summed E-state index contributed by atoms with van der Waals surface area (Å²) in [6.07, 6.45) is 1.76. The second-order valence-electron chi connectivity index (χ2n) is 3.82. The number of methoxy groups -OCH3 is 1. The summed E-state index contributed by atoms with van der Waals surface area (Å²) in [5.74, 6) is 1.91. The highest BCUT2D eigenvalue weighted by Gasteiger charge is 2.11.